The molecule has 0 radical (unpaired) electrons. The van der Waals surface area contributed by atoms with Crippen molar-refractivity contribution in [2.75, 3.05) is 5.75 Å². The molecule has 2 heteroatoms. The number of rotatable bonds is 3. The summed E-state index contributed by atoms with van der Waals surface area (Å²) in [6.45, 7) is 2.11. The van der Waals surface area contributed by atoms with Crippen LogP contribution in [0, 0.1) is 5.41 Å². The maximum absolute atomic E-state index is 11.7. The van der Waals surface area contributed by atoms with Crippen molar-refractivity contribution in [2.24, 2.45) is 5.41 Å². The highest BCUT2D eigenvalue weighted by Gasteiger charge is 2.36. The third-order valence-corrected chi connectivity index (χ3v) is 4.49. The van der Waals surface area contributed by atoms with Gasteiger partial charge in [-0.1, -0.05) is 25.1 Å². The van der Waals surface area contributed by atoms with Gasteiger partial charge in [0.15, 0.2) is 0 Å². The summed E-state index contributed by atoms with van der Waals surface area (Å²) in [6.07, 6.45) is 2.92. The lowest BCUT2D eigenvalue weighted by atomic mass is 9.91. The normalized spacial score (nSPS) is 25.8. The first-order chi connectivity index (χ1) is 7.21. The highest BCUT2D eigenvalue weighted by Crippen LogP contribution is 2.38. The second-order valence-electron chi connectivity index (χ2n) is 4.44. The lowest BCUT2D eigenvalue weighted by Gasteiger charge is -2.20. The topological polar surface area (TPSA) is 17.1 Å². The Kier molecular flexibility index (Phi) is 3.15. The van der Waals surface area contributed by atoms with Crippen LogP contribution in [0.15, 0.2) is 35.2 Å². The van der Waals surface area contributed by atoms with Crippen LogP contribution in [-0.4, -0.2) is 11.5 Å². The van der Waals surface area contributed by atoms with E-state index in [2.05, 4.69) is 19.1 Å². The Hall–Kier alpha value is -0.760. The van der Waals surface area contributed by atoms with Gasteiger partial charge in [0, 0.05) is 22.5 Å². The third kappa shape index (κ3) is 2.43. The maximum Gasteiger partial charge on any atom is 0.139 e. The predicted molar refractivity (Wildman–Crippen MR) is 64.1 cm³/mol. The number of hydrogen-bond acceptors (Lipinski definition) is 2. The monoisotopic (exact) mass is 220 g/mol. The smallest absolute Gasteiger partial charge is 0.139 e. The Morgan fingerprint density at radius 2 is 2.07 bits per heavy atom. The van der Waals surface area contributed by atoms with Crippen molar-refractivity contribution in [2.45, 2.75) is 31.1 Å². The Labute approximate surface area is 95.3 Å². The average Bonchev–Trinajstić information content (AvgIpc) is 2.59. The van der Waals surface area contributed by atoms with Crippen LogP contribution in [-0.2, 0) is 4.79 Å². The van der Waals surface area contributed by atoms with Crippen LogP contribution in [0.1, 0.15) is 26.2 Å². The van der Waals surface area contributed by atoms with Gasteiger partial charge in [-0.25, -0.2) is 0 Å². The highest BCUT2D eigenvalue weighted by atomic mass is 32.2. The van der Waals surface area contributed by atoms with E-state index in [4.69, 9.17) is 0 Å². The lowest BCUT2D eigenvalue weighted by molar-refractivity contribution is -0.124. The molecule has 80 valence electrons. The highest BCUT2D eigenvalue weighted by molar-refractivity contribution is 7.99. The fourth-order valence-corrected chi connectivity index (χ4v) is 3.13. The molecule has 1 nitrogen and oxygen atoms in total. The van der Waals surface area contributed by atoms with Gasteiger partial charge in [-0.3, -0.25) is 4.79 Å². The van der Waals surface area contributed by atoms with E-state index in [1.807, 2.05) is 18.2 Å². The summed E-state index contributed by atoms with van der Waals surface area (Å²) in [5.41, 5.74) is -0.0689. The van der Waals surface area contributed by atoms with E-state index in [1.54, 1.807) is 11.8 Å². The largest absolute Gasteiger partial charge is 0.299 e. The van der Waals surface area contributed by atoms with Crippen LogP contribution in [0.4, 0.5) is 0 Å². The molecule has 0 aliphatic heterocycles. The van der Waals surface area contributed by atoms with Crippen molar-refractivity contribution >= 4 is 17.5 Å². The standard InChI is InChI=1S/C13H16OS/c1-13(9-5-8-12(13)14)10-15-11-6-3-2-4-7-11/h2-4,6-7H,5,8-10H2,1H3. The fraction of sp³-hybridized carbons (Fsp3) is 0.462. The molecule has 1 aromatic carbocycles. The van der Waals surface area contributed by atoms with Crippen LogP contribution in [0.3, 0.4) is 0 Å². The van der Waals surface area contributed by atoms with E-state index in [-0.39, 0.29) is 5.41 Å². The molecule has 1 aliphatic rings. The van der Waals surface area contributed by atoms with Crippen LogP contribution in [0.25, 0.3) is 0 Å². The molecule has 0 spiro atoms. The van der Waals surface area contributed by atoms with Gasteiger partial charge in [-0.05, 0) is 25.0 Å². The van der Waals surface area contributed by atoms with E-state index in [0.29, 0.717) is 5.78 Å². The number of carbonyl (C=O) groups is 1. The molecule has 1 atom stereocenters. The number of benzene rings is 1. The van der Waals surface area contributed by atoms with Crippen LogP contribution in [0.5, 0.6) is 0 Å². The molecule has 1 aliphatic carbocycles. The Balaban J connectivity index is 1.96. The minimum Gasteiger partial charge on any atom is -0.299 e. The zero-order valence-electron chi connectivity index (χ0n) is 9.03. The first kappa shape index (κ1) is 10.7. The minimum atomic E-state index is -0.0689. The lowest BCUT2D eigenvalue weighted by Crippen LogP contribution is -2.24. The van der Waals surface area contributed by atoms with Crippen molar-refractivity contribution in [3.63, 3.8) is 0 Å². The molecular formula is C13H16OS. The van der Waals surface area contributed by atoms with E-state index in [9.17, 15) is 4.79 Å². The van der Waals surface area contributed by atoms with Gasteiger partial charge in [0.05, 0.1) is 0 Å². The summed E-state index contributed by atoms with van der Waals surface area (Å²) in [7, 11) is 0. The molecule has 1 unspecified atom stereocenters. The van der Waals surface area contributed by atoms with E-state index in [0.717, 1.165) is 25.0 Å². The molecule has 1 saturated carbocycles. The van der Waals surface area contributed by atoms with E-state index >= 15 is 0 Å². The Morgan fingerprint density at radius 3 is 2.67 bits per heavy atom. The third-order valence-electron chi connectivity index (χ3n) is 3.11. The summed E-state index contributed by atoms with van der Waals surface area (Å²) in [4.78, 5) is 13.0. The molecule has 0 aromatic heterocycles. The summed E-state index contributed by atoms with van der Waals surface area (Å²) >= 11 is 1.80. The van der Waals surface area contributed by atoms with Gasteiger partial charge in [-0.2, -0.15) is 0 Å². The molecule has 15 heavy (non-hydrogen) atoms. The van der Waals surface area contributed by atoms with Crippen molar-refractivity contribution in [1.82, 2.24) is 0 Å². The number of carbonyl (C=O) groups excluding carboxylic acids is 1. The Morgan fingerprint density at radius 1 is 1.33 bits per heavy atom. The molecule has 0 amide bonds. The zero-order valence-corrected chi connectivity index (χ0v) is 9.85. The van der Waals surface area contributed by atoms with Crippen LogP contribution < -0.4 is 0 Å². The molecule has 2 rings (SSSR count). The van der Waals surface area contributed by atoms with Crippen molar-refractivity contribution in [3.8, 4) is 0 Å². The first-order valence-electron chi connectivity index (χ1n) is 5.42. The molecule has 1 aromatic rings. The van der Waals surface area contributed by atoms with Gasteiger partial charge in [0.25, 0.3) is 0 Å². The van der Waals surface area contributed by atoms with Crippen LogP contribution in [0.2, 0.25) is 0 Å². The summed E-state index contributed by atoms with van der Waals surface area (Å²) in [6, 6.07) is 10.3. The summed E-state index contributed by atoms with van der Waals surface area (Å²) in [5.74, 6) is 1.38. The van der Waals surface area contributed by atoms with Crippen molar-refractivity contribution < 1.29 is 4.79 Å². The second-order valence-corrected chi connectivity index (χ2v) is 5.49. The predicted octanol–water partition coefficient (Wildman–Crippen LogP) is 3.54. The molecule has 0 heterocycles. The van der Waals surface area contributed by atoms with Crippen molar-refractivity contribution in [3.05, 3.63) is 30.3 Å². The molecule has 0 bridgehead atoms. The minimum absolute atomic E-state index is 0.0689. The SMILES string of the molecule is CC1(CSc2ccccc2)CCCC1=O. The van der Waals surface area contributed by atoms with Crippen molar-refractivity contribution in [1.29, 1.82) is 0 Å². The van der Waals surface area contributed by atoms with Gasteiger partial charge in [0.2, 0.25) is 0 Å². The first-order valence-corrected chi connectivity index (χ1v) is 6.40. The number of hydrogen-bond donors (Lipinski definition) is 0. The van der Waals surface area contributed by atoms with Gasteiger partial charge in [-0.15, -0.1) is 11.8 Å². The Bertz CT molecular complexity index is 347. The van der Waals surface area contributed by atoms with Gasteiger partial charge < -0.3 is 0 Å². The number of thioether (sulfide) groups is 1. The zero-order chi connectivity index (χ0) is 10.7. The molecule has 0 saturated heterocycles. The molecule has 0 N–H and O–H groups in total. The van der Waals surface area contributed by atoms with E-state index < -0.39 is 0 Å². The second kappa shape index (κ2) is 4.40. The van der Waals surface area contributed by atoms with Crippen LogP contribution >= 0.6 is 11.8 Å². The van der Waals surface area contributed by atoms with Gasteiger partial charge >= 0.3 is 0 Å². The summed E-state index contributed by atoms with van der Waals surface area (Å²) < 4.78 is 0. The number of Topliss-reactive ketones (excluding diaryl/α,β-unsaturated/α-hetero) is 1. The van der Waals surface area contributed by atoms with E-state index in [1.165, 1.54) is 4.90 Å². The fourth-order valence-electron chi connectivity index (χ4n) is 1.99. The quantitative estimate of drug-likeness (QED) is 0.725. The molecular weight excluding hydrogens is 204 g/mol. The van der Waals surface area contributed by atoms with Gasteiger partial charge in [0.1, 0.15) is 5.78 Å². The number of ketones is 1. The molecule has 1 fully saturated rings. The average molecular weight is 220 g/mol. The summed E-state index contributed by atoms with van der Waals surface area (Å²) in [5, 5.41) is 0. The maximum atomic E-state index is 11.7.